The van der Waals surface area contributed by atoms with Crippen LogP contribution < -0.4 is 51.4 Å². The van der Waals surface area contributed by atoms with Gasteiger partial charge in [-0.25, -0.2) is 0 Å². The monoisotopic (exact) mass is 634 g/mol. The Bertz CT molecular complexity index is 180. The van der Waals surface area contributed by atoms with E-state index in [1.54, 1.807) is 0 Å². The maximum absolute atomic E-state index is 7.00. The van der Waals surface area contributed by atoms with E-state index in [1.165, 1.54) is 148 Å². The van der Waals surface area contributed by atoms with Crippen LogP contribution in [0.5, 0.6) is 0 Å². The smallest absolute Gasteiger partial charge is 0.400 e. The molecule has 0 aromatic rings. The first-order valence-corrected chi connectivity index (χ1v) is 18.6. The third-order valence-electron chi connectivity index (χ3n) is 5.41. The maximum Gasteiger partial charge on any atom is 1.00 e. The molecule has 0 rings (SSSR count). The summed E-state index contributed by atoms with van der Waals surface area (Å²) in [6.45, 7) is 29.7. The Balaban J connectivity index is -0.0000000332. The second kappa shape index (κ2) is 122. The van der Waals surface area contributed by atoms with Crippen LogP contribution in [0.15, 0.2) is 0 Å². The van der Waals surface area contributed by atoms with Gasteiger partial charge in [0, 0.05) is 7.11 Å². The fourth-order valence-corrected chi connectivity index (χ4v) is 3.12. The molecule has 42 heavy (non-hydrogen) atoms. The van der Waals surface area contributed by atoms with Crippen molar-refractivity contribution in [1.29, 1.82) is 0 Å². The van der Waals surface area contributed by atoms with Crippen LogP contribution >= 0.6 is 0 Å². The van der Waals surface area contributed by atoms with Crippen LogP contribution in [-0.2, 0) is 0 Å². The number of aliphatic hydroxyl groups is 1. The van der Waals surface area contributed by atoms with Crippen molar-refractivity contribution in [2.24, 2.45) is 0 Å². The molecule has 1 nitrogen and oxygen atoms in total. The molecular formula is C40H98KO-. The van der Waals surface area contributed by atoms with Crippen molar-refractivity contribution in [1.82, 2.24) is 0 Å². The molecule has 2 heteroatoms. The summed E-state index contributed by atoms with van der Waals surface area (Å²) in [4.78, 5) is 0. The van der Waals surface area contributed by atoms with Crippen molar-refractivity contribution in [2.75, 3.05) is 7.11 Å². The largest absolute Gasteiger partial charge is 1.00 e. The zero-order valence-electron chi connectivity index (χ0n) is 34.7. The van der Waals surface area contributed by atoms with E-state index < -0.39 is 0 Å². The van der Waals surface area contributed by atoms with Gasteiger partial charge >= 0.3 is 51.4 Å². The van der Waals surface area contributed by atoms with E-state index in [0.717, 1.165) is 7.11 Å². The molecule has 266 valence electrons. The molecule has 0 amide bonds. The molecule has 0 spiro atoms. The zero-order chi connectivity index (χ0) is 32.3. The minimum Gasteiger partial charge on any atom is -0.400 e. The molecule has 0 aliphatic carbocycles. The Hall–Kier alpha value is 1.60. The molecule has 0 aliphatic heterocycles. The second-order valence-corrected chi connectivity index (χ2v) is 9.36. The number of aliphatic hydroxyl groups excluding tert-OH is 1. The summed E-state index contributed by atoms with van der Waals surface area (Å²) < 4.78 is 0. The Kier molecular flexibility index (Phi) is 216. The number of hydrogen-bond acceptors (Lipinski definition) is 1. The van der Waals surface area contributed by atoms with Crippen molar-refractivity contribution in [3.05, 3.63) is 14.9 Å². The average Bonchev–Trinajstić information content (AvgIpc) is 3.01. The third-order valence-corrected chi connectivity index (χ3v) is 5.41. The van der Waals surface area contributed by atoms with E-state index in [2.05, 4.69) is 55.4 Å². The summed E-state index contributed by atoms with van der Waals surface area (Å²) in [5, 5.41) is 7.00. The van der Waals surface area contributed by atoms with Crippen molar-refractivity contribution in [3.63, 3.8) is 0 Å². The standard InChI is InChI=1S/2C12H26.C4H10.C3H8.3C2H6.CH4O.2CH3.K/c2*1-3-5-7-9-11-12-10-8-6-4-2;1-3-4-2;1-3-2;4*1-2;;;/h2*3-12H2,1-2H3;3-4H2,1-2H3;3H2,1-2H3;3*1-2H3;2H,1H3;2*1H3;/q;;;;;;;;2*-1;+1. The van der Waals surface area contributed by atoms with Crippen molar-refractivity contribution < 1.29 is 56.5 Å². The first-order valence-electron chi connectivity index (χ1n) is 18.6. The molecule has 0 heterocycles. The van der Waals surface area contributed by atoms with Crippen LogP contribution in [0.4, 0.5) is 0 Å². The van der Waals surface area contributed by atoms with Gasteiger partial charge in [-0.2, -0.15) is 0 Å². The van der Waals surface area contributed by atoms with Crippen LogP contribution in [0, 0.1) is 14.9 Å². The fraction of sp³-hybridized carbons (Fsp3) is 0.950. The molecule has 0 aromatic heterocycles. The quantitative estimate of drug-likeness (QED) is 0.0852. The van der Waals surface area contributed by atoms with Gasteiger partial charge in [0.1, 0.15) is 0 Å². The van der Waals surface area contributed by atoms with Gasteiger partial charge in [0.05, 0.1) is 0 Å². The molecule has 0 bridgehead atoms. The summed E-state index contributed by atoms with van der Waals surface area (Å²) >= 11 is 0. The summed E-state index contributed by atoms with van der Waals surface area (Å²) in [5.74, 6) is 0. The van der Waals surface area contributed by atoms with Crippen molar-refractivity contribution in [2.45, 2.75) is 245 Å². The predicted molar refractivity (Wildman–Crippen MR) is 207 cm³/mol. The second-order valence-electron chi connectivity index (χ2n) is 9.36. The molecule has 0 atom stereocenters. The topological polar surface area (TPSA) is 20.2 Å². The Morgan fingerprint density at radius 3 is 0.429 bits per heavy atom. The summed E-state index contributed by atoms with van der Waals surface area (Å²) in [6, 6.07) is 0. The van der Waals surface area contributed by atoms with E-state index in [1.807, 2.05) is 41.5 Å². The Morgan fingerprint density at radius 2 is 0.357 bits per heavy atom. The summed E-state index contributed by atoms with van der Waals surface area (Å²) in [7, 11) is 1.00. The van der Waals surface area contributed by atoms with Gasteiger partial charge in [0.15, 0.2) is 0 Å². The maximum atomic E-state index is 7.00. The number of rotatable bonds is 19. The molecule has 0 unspecified atom stereocenters. The summed E-state index contributed by atoms with van der Waals surface area (Å²) in [5.41, 5.74) is 0. The van der Waals surface area contributed by atoms with E-state index in [9.17, 15) is 0 Å². The Labute approximate surface area is 320 Å². The van der Waals surface area contributed by atoms with E-state index in [-0.39, 0.29) is 66.2 Å². The third kappa shape index (κ3) is 162. The predicted octanol–water partition coefficient (Wildman–Crippen LogP) is 13.7. The molecule has 1 N–H and O–H groups in total. The van der Waals surface area contributed by atoms with Gasteiger partial charge in [-0.3, -0.25) is 0 Å². The van der Waals surface area contributed by atoms with Gasteiger partial charge < -0.3 is 20.0 Å². The van der Waals surface area contributed by atoms with E-state index >= 15 is 0 Å². The van der Waals surface area contributed by atoms with Gasteiger partial charge in [-0.1, -0.05) is 245 Å². The first-order chi connectivity index (χ1) is 19.2. The first kappa shape index (κ1) is 74.4. The minimum atomic E-state index is 0. The van der Waals surface area contributed by atoms with Crippen molar-refractivity contribution in [3.8, 4) is 0 Å². The van der Waals surface area contributed by atoms with Crippen LogP contribution in [0.25, 0.3) is 0 Å². The molecule has 0 aliphatic rings. The number of hydrogen-bond donors (Lipinski definition) is 1. The zero-order valence-corrected chi connectivity index (χ0v) is 37.8. The van der Waals surface area contributed by atoms with E-state index in [4.69, 9.17) is 5.11 Å². The van der Waals surface area contributed by atoms with Crippen LogP contribution in [0.3, 0.4) is 0 Å². The minimum absolute atomic E-state index is 0. The van der Waals surface area contributed by atoms with Gasteiger partial charge in [0.2, 0.25) is 0 Å². The molecule has 0 fully saturated rings. The SMILES string of the molecule is CC.CC.CC.CCC.CCCC.CCCCCCCCCCCC.CCCCCCCCCCCC.CO.[CH3-].[CH3-].[K+]. The van der Waals surface area contributed by atoms with Gasteiger partial charge in [-0.15, -0.1) is 0 Å². The van der Waals surface area contributed by atoms with Crippen LogP contribution in [-0.4, -0.2) is 12.2 Å². The normalized spacial score (nSPS) is 7.71. The molecule has 0 aromatic carbocycles. The van der Waals surface area contributed by atoms with E-state index in [0.29, 0.717) is 0 Å². The van der Waals surface area contributed by atoms with Gasteiger partial charge in [-0.05, 0) is 0 Å². The van der Waals surface area contributed by atoms with Crippen LogP contribution in [0.2, 0.25) is 0 Å². The molecular weight excluding hydrogens is 536 g/mol. The summed E-state index contributed by atoms with van der Waals surface area (Å²) in [6.07, 6.45) is 32.8. The van der Waals surface area contributed by atoms with Crippen molar-refractivity contribution >= 4 is 0 Å². The number of unbranched alkanes of at least 4 members (excludes halogenated alkanes) is 19. The van der Waals surface area contributed by atoms with Gasteiger partial charge in [0.25, 0.3) is 0 Å². The molecule has 0 saturated heterocycles. The molecule has 0 radical (unpaired) electrons. The van der Waals surface area contributed by atoms with Crippen LogP contribution in [0.1, 0.15) is 245 Å². The Morgan fingerprint density at radius 1 is 0.262 bits per heavy atom. The molecule has 0 saturated carbocycles. The fourth-order valence-electron chi connectivity index (χ4n) is 3.12. The average molecular weight is 634 g/mol.